The third-order valence-electron chi connectivity index (χ3n) is 3.07. The van der Waals surface area contributed by atoms with Crippen LogP contribution >= 0.6 is 11.3 Å². The first-order chi connectivity index (χ1) is 9.15. The molecule has 1 aromatic heterocycles. The third kappa shape index (κ3) is 4.46. The van der Waals surface area contributed by atoms with Crippen molar-refractivity contribution in [2.75, 3.05) is 20.6 Å². The van der Waals surface area contributed by atoms with E-state index in [4.69, 9.17) is 0 Å². The molecule has 0 amide bonds. The molecular formula is C16H22N2S. The zero-order valence-corrected chi connectivity index (χ0v) is 12.7. The monoisotopic (exact) mass is 274 g/mol. The molecule has 0 spiro atoms. The van der Waals surface area contributed by atoms with Gasteiger partial charge in [0.15, 0.2) is 0 Å². The molecule has 19 heavy (non-hydrogen) atoms. The van der Waals surface area contributed by atoms with Crippen LogP contribution in [0.15, 0.2) is 42.5 Å². The molecule has 1 atom stereocenters. The topological polar surface area (TPSA) is 15.3 Å². The SMILES string of the molecule is Cc1ccc(CNC(CN(C)C)c2ccccc2)s1. The standard InChI is InChI=1S/C16H22N2S/c1-13-9-10-15(19-13)11-17-16(12-18(2)3)14-7-5-4-6-8-14/h4-10,16-17H,11-12H2,1-3H3. The van der Waals surface area contributed by atoms with Gasteiger partial charge < -0.3 is 10.2 Å². The van der Waals surface area contributed by atoms with Crippen LogP contribution in [0.5, 0.6) is 0 Å². The van der Waals surface area contributed by atoms with Crippen molar-refractivity contribution in [3.63, 3.8) is 0 Å². The Bertz CT molecular complexity index is 490. The summed E-state index contributed by atoms with van der Waals surface area (Å²) in [6.45, 7) is 4.10. The summed E-state index contributed by atoms with van der Waals surface area (Å²) >= 11 is 1.87. The van der Waals surface area contributed by atoms with Gasteiger partial charge in [-0.15, -0.1) is 11.3 Å². The van der Waals surface area contributed by atoms with E-state index in [2.05, 4.69) is 73.7 Å². The van der Waals surface area contributed by atoms with E-state index >= 15 is 0 Å². The molecule has 0 aliphatic rings. The Labute approximate surface area is 120 Å². The average Bonchev–Trinajstić information content (AvgIpc) is 2.81. The molecule has 1 heterocycles. The van der Waals surface area contributed by atoms with E-state index in [1.54, 1.807) is 0 Å². The van der Waals surface area contributed by atoms with Crippen LogP contribution in [0.25, 0.3) is 0 Å². The quantitative estimate of drug-likeness (QED) is 0.868. The Balaban J connectivity index is 2.02. The van der Waals surface area contributed by atoms with E-state index < -0.39 is 0 Å². The summed E-state index contributed by atoms with van der Waals surface area (Å²) in [5.41, 5.74) is 1.35. The van der Waals surface area contributed by atoms with Crippen molar-refractivity contribution in [2.45, 2.75) is 19.5 Å². The summed E-state index contributed by atoms with van der Waals surface area (Å²) < 4.78 is 0. The molecule has 1 unspecified atom stereocenters. The largest absolute Gasteiger partial charge is 0.308 e. The Kier molecular flexibility index (Phi) is 5.14. The van der Waals surface area contributed by atoms with Crippen molar-refractivity contribution < 1.29 is 0 Å². The summed E-state index contributed by atoms with van der Waals surface area (Å²) in [6, 6.07) is 15.4. The highest BCUT2D eigenvalue weighted by Gasteiger charge is 2.12. The van der Waals surface area contributed by atoms with E-state index in [-0.39, 0.29) is 0 Å². The van der Waals surface area contributed by atoms with E-state index in [1.807, 2.05) is 11.3 Å². The van der Waals surface area contributed by atoms with Crippen molar-refractivity contribution in [2.24, 2.45) is 0 Å². The maximum atomic E-state index is 3.67. The molecule has 3 heteroatoms. The molecule has 0 aliphatic carbocycles. The van der Waals surface area contributed by atoms with E-state index in [9.17, 15) is 0 Å². The number of rotatable bonds is 6. The van der Waals surface area contributed by atoms with Crippen LogP contribution in [0.2, 0.25) is 0 Å². The van der Waals surface area contributed by atoms with Gasteiger partial charge in [0.25, 0.3) is 0 Å². The van der Waals surface area contributed by atoms with Crippen LogP contribution in [0, 0.1) is 6.92 Å². The Hall–Kier alpha value is -1.16. The molecule has 0 saturated heterocycles. The van der Waals surface area contributed by atoms with Crippen LogP contribution < -0.4 is 5.32 Å². The predicted molar refractivity (Wildman–Crippen MR) is 83.6 cm³/mol. The zero-order valence-electron chi connectivity index (χ0n) is 11.9. The Morgan fingerprint density at radius 1 is 1.11 bits per heavy atom. The molecule has 1 aromatic carbocycles. The normalized spacial score (nSPS) is 12.8. The van der Waals surface area contributed by atoms with Gasteiger partial charge in [-0.2, -0.15) is 0 Å². The zero-order chi connectivity index (χ0) is 13.7. The summed E-state index contributed by atoms with van der Waals surface area (Å²) in [4.78, 5) is 5.00. The van der Waals surface area contributed by atoms with E-state index in [0.29, 0.717) is 6.04 Å². The number of hydrogen-bond donors (Lipinski definition) is 1. The van der Waals surface area contributed by atoms with Crippen LogP contribution in [-0.2, 0) is 6.54 Å². The molecule has 1 N–H and O–H groups in total. The molecule has 2 aromatic rings. The van der Waals surface area contributed by atoms with Crippen LogP contribution in [-0.4, -0.2) is 25.5 Å². The lowest BCUT2D eigenvalue weighted by Crippen LogP contribution is -2.30. The number of aryl methyl sites for hydroxylation is 1. The van der Waals surface area contributed by atoms with Crippen molar-refractivity contribution in [1.82, 2.24) is 10.2 Å². The number of likely N-dealkylation sites (N-methyl/N-ethyl adjacent to an activating group) is 1. The minimum absolute atomic E-state index is 0.374. The van der Waals surface area contributed by atoms with Gasteiger partial charge in [0.2, 0.25) is 0 Å². The first-order valence-electron chi connectivity index (χ1n) is 6.63. The van der Waals surface area contributed by atoms with Gasteiger partial charge in [0, 0.05) is 28.9 Å². The van der Waals surface area contributed by atoms with Gasteiger partial charge in [-0.05, 0) is 38.7 Å². The van der Waals surface area contributed by atoms with E-state index in [0.717, 1.165) is 13.1 Å². The summed E-state index contributed by atoms with van der Waals surface area (Å²) in [5.74, 6) is 0. The predicted octanol–water partition coefficient (Wildman–Crippen LogP) is 3.45. The fraction of sp³-hybridized carbons (Fsp3) is 0.375. The maximum absolute atomic E-state index is 3.67. The maximum Gasteiger partial charge on any atom is 0.0451 e. The van der Waals surface area contributed by atoms with Crippen LogP contribution in [0.1, 0.15) is 21.4 Å². The minimum atomic E-state index is 0.374. The van der Waals surface area contributed by atoms with Crippen molar-refractivity contribution in [3.05, 3.63) is 57.8 Å². The molecule has 0 saturated carbocycles. The second kappa shape index (κ2) is 6.85. The second-order valence-corrected chi connectivity index (χ2v) is 6.49. The lowest BCUT2D eigenvalue weighted by atomic mass is 10.1. The Morgan fingerprint density at radius 3 is 2.42 bits per heavy atom. The fourth-order valence-electron chi connectivity index (χ4n) is 2.14. The van der Waals surface area contributed by atoms with Crippen molar-refractivity contribution in [1.29, 1.82) is 0 Å². The second-order valence-electron chi connectivity index (χ2n) is 5.12. The van der Waals surface area contributed by atoms with Gasteiger partial charge in [0.1, 0.15) is 0 Å². The molecular weight excluding hydrogens is 252 g/mol. The number of thiophene rings is 1. The molecule has 0 fully saturated rings. The molecule has 2 rings (SSSR count). The molecule has 0 aliphatic heterocycles. The Morgan fingerprint density at radius 2 is 1.84 bits per heavy atom. The molecule has 2 nitrogen and oxygen atoms in total. The molecule has 0 radical (unpaired) electrons. The first-order valence-corrected chi connectivity index (χ1v) is 7.45. The third-order valence-corrected chi connectivity index (χ3v) is 4.07. The summed E-state index contributed by atoms with van der Waals surface area (Å²) in [7, 11) is 4.24. The van der Waals surface area contributed by atoms with Crippen LogP contribution in [0.4, 0.5) is 0 Å². The summed E-state index contributed by atoms with van der Waals surface area (Å²) in [6.07, 6.45) is 0. The number of hydrogen-bond acceptors (Lipinski definition) is 3. The van der Waals surface area contributed by atoms with Gasteiger partial charge in [-0.3, -0.25) is 0 Å². The smallest absolute Gasteiger partial charge is 0.0451 e. The van der Waals surface area contributed by atoms with Gasteiger partial charge in [-0.25, -0.2) is 0 Å². The minimum Gasteiger partial charge on any atom is -0.308 e. The van der Waals surface area contributed by atoms with Gasteiger partial charge >= 0.3 is 0 Å². The van der Waals surface area contributed by atoms with Crippen molar-refractivity contribution >= 4 is 11.3 Å². The fourth-order valence-corrected chi connectivity index (χ4v) is 2.98. The highest BCUT2D eigenvalue weighted by atomic mass is 32.1. The average molecular weight is 274 g/mol. The highest BCUT2D eigenvalue weighted by molar-refractivity contribution is 7.11. The molecule has 102 valence electrons. The van der Waals surface area contributed by atoms with Crippen LogP contribution in [0.3, 0.4) is 0 Å². The van der Waals surface area contributed by atoms with Gasteiger partial charge in [0.05, 0.1) is 0 Å². The van der Waals surface area contributed by atoms with E-state index in [1.165, 1.54) is 15.3 Å². The highest BCUT2D eigenvalue weighted by Crippen LogP contribution is 2.18. The van der Waals surface area contributed by atoms with Gasteiger partial charge in [-0.1, -0.05) is 30.3 Å². The molecule has 0 bridgehead atoms. The lowest BCUT2D eigenvalue weighted by molar-refractivity contribution is 0.341. The number of nitrogens with zero attached hydrogens (tertiary/aromatic N) is 1. The lowest BCUT2D eigenvalue weighted by Gasteiger charge is -2.22. The number of nitrogens with one attached hydrogen (secondary N) is 1. The first kappa shape index (κ1) is 14.3. The summed E-state index contributed by atoms with van der Waals surface area (Å²) in [5, 5.41) is 3.67. The number of benzene rings is 1. The van der Waals surface area contributed by atoms with Crippen molar-refractivity contribution in [3.8, 4) is 0 Å².